The monoisotopic (exact) mass is 1550 g/mol. The van der Waals surface area contributed by atoms with Gasteiger partial charge in [-0.05, 0) is 184 Å². The number of aromatic nitrogens is 13. The molecule has 13 heteroatoms. The standard InChI is InChI=1S/3C14H11N.5C13H10N2/c1-10-5-4-7-11-12-6-2-3-8-14(12)15-9-13(10)11;1-10-5-4-8-13-12-7-3-2-6-11(12)9-15-14(10)13;1-10-6-7-12-11(8-10)9-15-14-5-3-2-4-13(12)14;1-9-8-10-4-2-6-14-12(10)13-11(9)5-3-7-15-13;2*1-9-4-5-11-7-6-10-3-2-8-14-12(10)13(11)15-9;1-9-6-8-15-13-11(9)5-4-10-3-2-7-14-12(10)13;1-9-7-11-5-4-10-3-2-6-14-12(10)13(11)15-8-9/h3*2-9H,1H3;5*2-8H,1H3. The van der Waals surface area contributed by atoms with Crippen molar-refractivity contribution in [3.8, 4) is 0 Å². The first-order valence-corrected chi connectivity index (χ1v) is 40.0. The number of para-hydroxylation sites is 3. The predicted molar refractivity (Wildman–Crippen MR) is 501 cm³/mol. The van der Waals surface area contributed by atoms with Crippen molar-refractivity contribution in [3.63, 3.8) is 0 Å². The maximum absolute atomic E-state index is 4.54. The molecule has 24 rings (SSSR count). The minimum absolute atomic E-state index is 0.981. The lowest BCUT2D eigenvalue weighted by molar-refractivity contribution is 1.25. The summed E-state index contributed by atoms with van der Waals surface area (Å²) in [5, 5.41) is 22.8. The van der Waals surface area contributed by atoms with Crippen LogP contribution in [0.3, 0.4) is 0 Å². The highest BCUT2D eigenvalue weighted by molar-refractivity contribution is 6.11. The van der Waals surface area contributed by atoms with E-state index in [4.69, 9.17) is 0 Å². The van der Waals surface area contributed by atoms with Crippen molar-refractivity contribution in [3.05, 3.63) is 404 Å². The van der Waals surface area contributed by atoms with Gasteiger partial charge in [-0.25, -0.2) is 0 Å². The first-order valence-electron chi connectivity index (χ1n) is 40.0. The lowest BCUT2D eigenvalue weighted by Gasteiger charge is -2.04. The minimum atomic E-state index is 0.981. The summed E-state index contributed by atoms with van der Waals surface area (Å²) in [5.74, 6) is 0. The van der Waals surface area contributed by atoms with Gasteiger partial charge in [0.05, 0.1) is 71.7 Å². The highest BCUT2D eigenvalue weighted by atomic mass is 14.8. The van der Waals surface area contributed by atoms with Gasteiger partial charge in [-0.3, -0.25) is 64.8 Å². The average Bonchev–Trinajstić information content (AvgIpc) is 0.653. The molecule has 0 N–H and O–H groups in total. The minimum Gasteiger partial charge on any atom is -0.256 e. The Bertz CT molecular complexity index is 7290. The molecule has 0 saturated carbocycles. The second-order valence-electron chi connectivity index (χ2n) is 29.9. The summed E-state index contributed by atoms with van der Waals surface area (Å²) in [6.07, 6.45) is 20.5. The summed E-state index contributed by atoms with van der Waals surface area (Å²) >= 11 is 0. The topological polar surface area (TPSA) is 168 Å². The van der Waals surface area contributed by atoms with Crippen molar-refractivity contribution in [1.29, 1.82) is 0 Å². The summed E-state index contributed by atoms with van der Waals surface area (Å²) in [4.78, 5) is 57.7. The number of hydrogen-bond acceptors (Lipinski definition) is 13. The van der Waals surface area contributed by atoms with Crippen LogP contribution in [-0.4, -0.2) is 64.8 Å². The van der Waals surface area contributed by atoms with Crippen LogP contribution in [0.2, 0.25) is 0 Å². The van der Waals surface area contributed by atoms with E-state index in [0.29, 0.717) is 0 Å². The summed E-state index contributed by atoms with van der Waals surface area (Å²) in [7, 11) is 0. The molecule has 0 aliphatic carbocycles. The molecule has 0 fully saturated rings. The predicted octanol–water partition coefficient (Wildman–Crippen LogP) is 26.5. The quantitative estimate of drug-likeness (QED) is 0.132. The maximum atomic E-state index is 4.54. The van der Waals surface area contributed by atoms with Crippen LogP contribution >= 0.6 is 0 Å². The highest BCUT2D eigenvalue weighted by Crippen LogP contribution is 2.32. The zero-order valence-electron chi connectivity index (χ0n) is 67.9. The molecule has 11 aromatic carbocycles. The molecule has 0 bridgehead atoms. The number of benzene rings is 11. The molecule has 13 heterocycles. The average molecular weight is 1550 g/mol. The van der Waals surface area contributed by atoms with Crippen molar-refractivity contribution < 1.29 is 0 Å². The van der Waals surface area contributed by atoms with E-state index in [1.807, 2.05) is 155 Å². The third-order valence-corrected chi connectivity index (χ3v) is 21.5. The summed E-state index contributed by atoms with van der Waals surface area (Å²) in [6.45, 7) is 16.6. The van der Waals surface area contributed by atoms with Crippen molar-refractivity contribution in [2.24, 2.45) is 0 Å². The number of pyridine rings is 13. The number of nitrogens with zero attached hydrogens (tertiary/aromatic N) is 13. The van der Waals surface area contributed by atoms with E-state index >= 15 is 0 Å². The molecule has 13 aromatic heterocycles. The molecule has 13 nitrogen and oxygen atoms in total. The number of rotatable bonds is 0. The Labute approximate surface area is 694 Å². The highest BCUT2D eigenvalue weighted by Gasteiger charge is 2.11. The molecular weight excluding hydrogens is 1470 g/mol. The normalized spacial score (nSPS) is 11.0. The van der Waals surface area contributed by atoms with Crippen LogP contribution in [0.1, 0.15) is 44.8 Å². The fraction of sp³-hybridized carbons (Fsp3) is 0.0748. The van der Waals surface area contributed by atoms with E-state index in [1.54, 1.807) is 0 Å². The zero-order valence-corrected chi connectivity index (χ0v) is 67.9. The molecule has 0 saturated heterocycles. The van der Waals surface area contributed by atoms with Gasteiger partial charge in [0.15, 0.2) is 0 Å². The number of fused-ring (bicyclic) bond motifs is 24. The van der Waals surface area contributed by atoms with E-state index in [9.17, 15) is 0 Å². The SMILES string of the molecule is Cc1cc2cccnc2c2ncccc12.Cc1ccc2c(cnc3ccccc32)c1.Cc1ccc2ccc3cccnc3c2n1.Cc1ccc2ccc3cccnc3c2n1.Cc1cccc2c1cnc1ccccc12.Cc1cccc2c1ncc1ccccc12.Cc1ccnc2c1ccc1cccnc12.Cc1cnc2c(ccc3cccnc32)c1. The Hall–Kier alpha value is -15.5. The lowest BCUT2D eigenvalue weighted by Crippen LogP contribution is -1.86. The zero-order chi connectivity index (χ0) is 82.0. The van der Waals surface area contributed by atoms with Crippen molar-refractivity contribution in [2.45, 2.75) is 55.4 Å². The molecule has 0 unspecified atom stereocenters. The van der Waals surface area contributed by atoms with Gasteiger partial charge in [0.2, 0.25) is 0 Å². The second-order valence-corrected chi connectivity index (χ2v) is 29.9. The summed E-state index contributed by atoms with van der Waals surface area (Å²) in [5.41, 5.74) is 22.6. The molecule has 576 valence electrons. The van der Waals surface area contributed by atoms with Crippen LogP contribution in [0.25, 0.3) is 174 Å². The van der Waals surface area contributed by atoms with Gasteiger partial charge in [0, 0.05) is 166 Å². The van der Waals surface area contributed by atoms with Gasteiger partial charge in [-0.2, -0.15) is 0 Å². The van der Waals surface area contributed by atoms with Crippen LogP contribution in [-0.2, 0) is 0 Å². The molecule has 24 aromatic rings. The van der Waals surface area contributed by atoms with Crippen LogP contribution in [0.5, 0.6) is 0 Å². The first-order chi connectivity index (χ1) is 58.8. The van der Waals surface area contributed by atoms with E-state index in [-0.39, 0.29) is 0 Å². The van der Waals surface area contributed by atoms with E-state index in [1.165, 1.54) is 92.6 Å². The Morgan fingerprint density at radius 1 is 0.158 bits per heavy atom. The van der Waals surface area contributed by atoms with Gasteiger partial charge in [0.1, 0.15) is 0 Å². The third-order valence-electron chi connectivity index (χ3n) is 21.5. The van der Waals surface area contributed by atoms with Crippen LogP contribution in [0.15, 0.2) is 359 Å². The molecule has 0 aliphatic heterocycles. The van der Waals surface area contributed by atoms with Crippen LogP contribution in [0.4, 0.5) is 0 Å². The molecule has 120 heavy (non-hydrogen) atoms. The molecule has 0 radical (unpaired) electrons. The molecule has 0 spiro atoms. The van der Waals surface area contributed by atoms with Crippen molar-refractivity contribution >= 4 is 174 Å². The maximum Gasteiger partial charge on any atom is 0.0967 e. The van der Waals surface area contributed by atoms with Crippen LogP contribution in [0, 0.1) is 55.4 Å². The fourth-order valence-corrected chi connectivity index (χ4v) is 15.4. The van der Waals surface area contributed by atoms with Gasteiger partial charge in [-0.1, -0.05) is 212 Å². The fourth-order valence-electron chi connectivity index (χ4n) is 15.4. The Morgan fingerprint density at radius 3 is 1.14 bits per heavy atom. The van der Waals surface area contributed by atoms with E-state index in [2.05, 4.69) is 325 Å². The van der Waals surface area contributed by atoms with E-state index < -0.39 is 0 Å². The van der Waals surface area contributed by atoms with Gasteiger partial charge in [-0.15, -0.1) is 0 Å². The Balaban J connectivity index is 0.0000000979. The summed E-state index contributed by atoms with van der Waals surface area (Å²) < 4.78 is 0. The molecular formula is C107H83N13. The third kappa shape index (κ3) is 16.6. The molecule has 0 amide bonds. The number of aryl methyl sites for hydroxylation is 8. The lowest BCUT2D eigenvalue weighted by atomic mass is 10.0. The van der Waals surface area contributed by atoms with E-state index in [0.717, 1.165) is 126 Å². The number of hydrogen-bond donors (Lipinski definition) is 0. The molecule has 0 atom stereocenters. The Morgan fingerprint density at radius 2 is 0.525 bits per heavy atom. The molecule has 0 aliphatic rings. The Kier molecular flexibility index (Phi) is 22.4. The van der Waals surface area contributed by atoms with Gasteiger partial charge >= 0.3 is 0 Å². The largest absolute Gasteiger partial charge is 0.256 e. The van der Waals surface area contributed by atoms with Crippen LogP contribution < -0.4 is 0 Å². The van der Waals surface area contributed by atoms with Crippen molar-refractivity contribution in [2.75, 3.05) is 0 Å². The second kappa shape index (κ2) is 34.9. The van der Waals surface area contributed by atoms with Gasteiger partial charge in [0.25, 0.3) is 0 Å². The smallest absolute Gasteiger partial charge is 0.0967 e. The van der Waals surface area contributed by atoms with Gasteiger partial charge < -0.3 is 0 Å². The summed E-state index contributed by atoms with van der Waals surface area (Å²) in [6, 6.07) is 99.5. The first kappa shape index (κ1) is 77.1. The van der Waals surface area contributed by atoms with Crippen molar-refractivity contribution in [1.82, 2.24) is 64.8 Å².